The fourth-order valence-corrected chi connectivity index (χ4v) is 2.12. The van der Waals surface area contributed by atoms with E-state index in [-0.39, 0.29) is 24.5 Å². The van der Waals surface area contributed by atoms with E-state index in [2.05, 4.69) is 0 Å². The Morgan fingerprint density at radius 2 is 1.95 bits per heavy atom. The number of para-hydroxylation sites is 1. The summed E-state index contributed by atoms with van der Waals surface area (Å²) in [6.07, 6.45) is 1.51. The Hall–Kier alpha value is -2.63. The molecule has 1 N–H and O–H groups in total. The number of carboxylic acids is 1. The van der Waals surface area contributed by atoms with E-state index in [9.17, 15) is 14.0 Å². The Bertz CT molecular complexity index is 666. The molecule has 6 heteroatoms. The van der Waals surface area contributed by atoms with E-state index in [1.807, 2.05) is 0 Å². The minimum atomic E-state index is -1.05. The maximum absolute atomic E-state index is 13.8. The number of aromatic nitrogens is 1. The summed E-state index contributed by atoms with van der Waals surface area (Å²) >= 11 is 0. The van der Waals surface area contributed by atoms with Crippen LogP contribution in [0.1, 0.15) is 17.4 Å². The van der Waals surface area contributed by atoms with Crippen LogP contribution in [0.15, 0.2) is 42.6 Å². The number of carbonyl (C=O) groups is 2. The van der Waals surface area contributed by atoms with Crippen molar-refractivity contribution in [2.75, 3.05) is 11.4 Å². The van der Waals surface area contributed by atoms with Crippen molar-refractivity contribution in [3.63, 3.8) is 0 Å². The van der Waals surface area contributed by atoms with E-state index in [1.165, 1.54) is 33.9 Å². The summed E-state index contributed by atoms with van der Waals surface area (Å²) in [4.78, 5) is 24.6. The van der Waals surface area contributed by atoms with E-state index < -0.39 is 17.7 Å². The molecule has 0 bridgehead atoms. The zero-order valence-electron chi connectivity index (χ0n) is 11.5. The highest BCUT2D eigenvalue weighted by Crippen LogP contribution is 2.21. The smallest absolute Gasteiger partial charge is 0.323 e. The number of nitrogens with zero attached hydrogens (tertiary/aromatic N) is 2. The first kappa shape index (κ1) is 14.8. The molecule has 1 heterocycles. The van der Waals surface area contributed by atoms with Gasteiger partial charge in [0.15, 0.2) is 0 Å². The maximum Gasteiger partial charge on any atom is 0.323 e. The third kappa shape index (κ3) is 3.10. The number of rotatable bonds is 5. The third-order valence-electron chi connectivity index (χ3n) is 3.06. The summed E-state index contributed by atoms with van der Waals surface area (Å²) < 4.78 is 15.2. The van der Waals surface area contributed by atoms with Gasteiger partial charge in [0.25, 0.3) is 5.91 Å². The number of hydrogen-bond donors (Lipinski definition) is 1. The molecular weight excluding hydrogens is 275 g/mol. The summed E-state index contributed by atoms with van der Waals surface area (Å²) in [6, 6.07) is 9.10. The molecule has 0 spiro atoms. The lowest BCUT2D eigenvalue weighted by Crippen LogP contribution is -2.33. The molecular formula is C15H15FN2O3. The van der Waals surface area contributed by atoms with Crippen molar-refractivity contribution in [1.82, 2.24) is 4.57 Å². The second-order valence-corrected chi connectivity index (χ2v) is 4.42. The van der Waals surface area contributed by atoms with Gasteiger partial charge in [0.05, 0.1) is 5.69 Å². The quantitative estimate of drug-likeness (QED) is 0.919. The van der Waals surface area contributed by atoms with Crippen molar-refractivity contribution >= 4 is 17.6 Å². The first-order valence-electron chi connectivity index (χ1n) is 6.48. The number of carboxylic acid groups (broad SMARTS) is 1. The molecule has 0 aliphatic carbocycles. The molecule has 0 aliphatic rings. The van der Waals surface area contributed by atoms with E-state index in [0.29, 0.717) is 0 Å². The molecule has 0 fully saturated rings. The lowest BCUT2D eigenvalue weighted by molar-refractivity contribution is -0.137. The molecule has 0 aliphatic heterocycles. The third-order valence-corrected chi connectivity index (χ3v) is 3.06. The van der Waals surface area contributed by atoms with E-state index in [1.54, 1.807) is 25.1 Å². The molecule has 0 saturated heterocycles. The number of benzene rings is 1. The number of amides is 1. The van der Waals surface area contributed by atoms with Crippen LogP contribution in [0, 0.1) is 5.82 Å². The molecule has 0 saturated carbocycles. The molecule has 1 aromatic heterocycles. The zero-order chi connectivity index (χ0) is 15.4. The topological polar surface area (TPSA) is 62.5 Å². The Kier molecular flexibility index (Phi) is 4.37. The van der Waals surface area contributed by atoms with Crippen LogP contribution in [-0.2, 0) is 11.3 Å². The van der Waals surface area contributed by atoms with Crippen LogP contribution >= 0.6 is 0 Å². The largest absolute Gasteiger partial charge is 0.480 e. The van der Waals surface area contributed by atoms with Gasteiger partial charge in [-0.05, 0) is 31.2 Å². The minimum absolute atomic E-state index is 0.174. The van der Waals surface area contributed by atoms with Gasteiger partial charge in [0, 0.05) is 12.7 Å². The first-order chi connectivity index (χ1) is 10.0. The number of hydrogen-bond acceptors (Lipinski definition) is 2. The second-order valence-electron chi connectivity index (χ2n) is 4.42. The molecule has 1 aromatic carbocycles. The van der Waals surface area contributed by atoms with Crippen LogP contribution in [0.4, 0.5) is 10.1 Å². The number of carbonyl (C=O) groups excluding carboxylic acids is 1. The van der Waals surface area contributed by atoms with Gasteiger partial charge in [-0.1, -0.05) is 12.1 Å². The first-order valence-corrected chi connectivity index (χ1v) is 6.48. The number of halogens is 1. The summed E-state index contributed by atoms with van der Waals surface area (Å²) in [7, 11) is 0. The molecule has 1 amide bonds. The van der Waals surface area contributed by atoms with E-state index in [4.69, 9.17) is 5.11 Å². The van der Waals surface area contributed by atoms with Crippen LogP contribution in [0.5, 0.6) is 0 Å². The molecule has 0 radical (unpaired) electrons. The van der Waals surface area contributed by atoms with Crippen LogP contribution < -0.4 is 4.90 Å². The summed E-state index contributed by atoms with van der Waals surface area (Å²) in [5.74, 6) is -1.98. The van der Waals surface area contributed by atoms with Gasteiger partial charge in [0.1, 0.15) is 18.1 Å². The van der Waals surface area contributed by atoms with Crippen LogP contribution in [-0.4, -0.2) is 28.1 Å². The monoisotopic (exact) mass is 290 g/mol. The average Bonchev–Trinajstić information content (AvgIpc) is 2.88. The van der Waals surface area contributed by atoms with Crippen LogP contribution in [0.2, 0.25) is 0 Å². The Balaban J connectivity index is 2.36. The van der Waals surface area contributed by atoms with Gasteiger partial charge < -0.3 is 14.6 Å². The van der Waals surface area contributed by atoms with Crippen LogP contribution in [0.3, 0.4) is 0 Å². The second kappa shape index (κ2) is 6.21. The highest BCUT2D eigenvalue weighted by Gasteiger charge is 2.21. The van der Waals surface area contributed by atoms with Gasteiger partial charge in [-0.25, -0.2) is 4.39 Å². The van der Waals surface area contributed by atoms with Crippen molar-refractivity contribution in [2.45, 2.75) is 13.5 Å². The van der Waals surface area contributed by atoms with Crippen molar-refractivity contribution in [2.24, 2.45) is 0 Å². The molecule has 0 unspecified atom stereocenters. The number of anilines is 1. The molecule has 2 aromatic rings. The van der Waals surface area contributed by atoms with Gasteiger partial charge in [-0.3, -0.25) is 9.59 Å². The van der Waals surface area contributed by atoms with Crippen LogP contribution in [0.25, 0.3) is 0 Å². The zero-order valence-corrected chi connectivity index (χ0v) is 11.5. The predicted octanol–water partition coefficient (Wildman–Crippen LogP) is 2.38. The fourth-order valence-electron chi connectivity index (χ4n) is 2.12. The standard InChI is InChI=1S/C15H15FN2O3/c1-2-18(12-7-4-3-6-11(12)16)15(21)13-8-5-9-17(13)10-14(19)20/h3-9H,2,10H2,1H3,(H,19,20). The Morgan fingerprint density at radius 3 is 2.57 bits per heavy atom. The fraction of sp³-hybridized carbons (Fsp3) is 0.200. The lowest BCUT2D eigenvalue weighted by Gasteiger charge is -2.22. The molecule has 2 rings (SSSR count). The SMILES string of the molecule is CCN(C(=O)c1cccn1CC(=O)O)c1ccccc1F. The van der Waals surface area contributed by atoms with E-state index in [0.717, 1.165) is 0 Å². The average molecular weight is 290 g/mol. The normalized spacial score (nSPS) is 10.4. The van der Waals surface area contributed by atoms with Crippen molar-refractivity contribution < 1.29 is 19.1 Å². The van der Waals surface area contributed by atoms with Gasteiger partial charge in [0.2, 0.25) is 0 Å². The van der Waals surface area contributed by atoms with Crippen molar-refractivity contribution in [3.05, 3.63) is 54.1 Å². The highest BCUT2D eigenvalue weighted by atomic mass is 19.1. The van der Waals surface area contributed by atoms with Gasteiger partial charge in [-0.2, -0.15) is 0 Å². The summed E-state index contributed by atoms with van der Waals surface area (Å²) in [5, 5.41) is 8.84. The lowest BCUT2D eigenvalue weighted by atomic mass is 10.2. The highest BCUT2D eigenvalue weighted by molar-refractivity contribution is 6.05. The minimum Gasteiger partial charge on any atom is -0.480 e. The number of aliphatic carboxylic acids is 1. The molecule has 110 valence electrons. The van der Waals surface area contributed by atoms with Crippen molar-refractivity contribution in [3.8, 4) is 0 Å². The maximum atomic E-state index is 13.8. The molecule has 0 atom stereocenters. The Morgan fingerprint density at radius 1 is 1.24 bits per heavy atom. The van der Waals surface area contributed by atoms with Gasteiger partial charge >= 0.3 is 5.97 Å². The summed E-state index contributed by atoms with van der Waals surface area (Å²) in [6.45, 7) is 1.69. The molecule has 5 nitrogen and oxygen atoms in total. The van der Waals surface area contributed by atoms with Gasteiger partial charge in [-0.15, -0.1) is 0 Å². The molecule has 21 heavy (non-hydrogen) atoms. The van der Waals surface area contributed by atoms with E-state index >= 15 is 0 Å². The Labute approximate surface area is 121 Å². The van der Waals surface area contributed by atoms with Crippen molar-refractivity contribution in [1.29, 1.82) is 0 Å². The summed E-state index contributed by atoms with van der Waals surface area (Å²) in [5.41, 5.74) is 0.385. The predicted molar refractivity (Wildman–Crippen MR) is 75.8 cm³/mol.